The Balaban J connectivity index is 1.60. The standard InChI is InChI=1S/C29H48O3/c1-17(2)19(4)18(3)15-29(7,32)25-11-10-23-22-9-8-20-14-21(30)12-13-27(20,5)26(22)24(31)16-28(23,25)6/h8,11,17-19,21-24,26,30-32H,9-10,12-16H2,1-7H3. The molecule has 4 aliphatic rings. The largest absolute Gasteiger partial charge is 0.393 e. The van der Waals surface area contributed by atoms with E-state index in [1.165, 1.54) is 11.1 Å². The molecule has 0 heterocycles. The number of fused-ring (bicyclic) bond motifs is 5. The van der Waals surface area contributed by atoms with Crippen LogP contribution >= 0.6 is 0 Å². The first-order valence-electron chi connectivity index (χ1n) is 13.3. The van der Waals surface area contributed by atoms with Crippen molar-refractivity contribution in [2.24, 2.45) is 46.3 Å². The second-order valence-electron chi connectivity index (χ2n) is 13.2. The van der Waals surface area contributed by atoms with Crippen LogP contribution in [0, 0.1) is 46.3 Å². The van der Waals surface area contributed by atoms with Crippen LogP contribution in [0.25, 0.3) is 0 Å². The van der Waals surface area contributed by atoms with E-state index in [1.807, 2.05) is 6.92 Å². The summed E-state index contributed by atoms with van der Waals surface area (Å²) in [6.07, 6.45) is 10.3. The molecule has 182 valence electrons. The van der Waals surface area contributed by atoms with E-state index >= 15 is 0 Å². The molecule has 0 amide bonds. The average molecular weight is 445 g/mol. The molecule has 4 aliphatic carbocycles. The Labute approximate surface area is 196 Å². The first kappa shape index (κ1) is 24.5. The Kier molecular flexibility index (Phi) is 6.30. The van der Waals surface area contributed by atoms with Crippen LogP contribution in [0.4, 0.5) is 0 Å². The van der Waals surface area contributed by atoms with Crippen LogP contribution < -0.4 is 0 Å². The third-order valence-corrected chi connectivity index (χ3v) is 10.8. The van der Waals surface area contributed by atoms with Crippen molar-refractivity contribution in [3.63, 3.8) is 0 Å². The van der Waals surface area contributed by atoms with Gasteiger partial charge in [-0.25, -0.2) is 0 Å². The molecule has 0 aromatic rings. The van der Waals surface area contributed by atoms with E-state index in [0.717, 1.165) is 44.9 Å². The Morgan fingerprint density at radius 3 is 2.41 bits per heavy atom. The van der Waals surface area contributed by atoms with Gasteiger partial charge in [-0.15, -0.1) is 0 Å². The zero-order chi connectivity index (χ0) is 23.6. The molecule has 3 nitrogen and oxygen atoms in total. The fourth-order valence-corrected chi connectivity index (χ4v) is 8.76. The molecular weight excluding hydrogens is 396 g/mol. The number of allylic oxidation sites excluding steroid dienone is 2. The van der Waals surface area contributed by atoms with Crippen molar-refractivity contribution < 1.29 is 15.3 Å². The fraction of sp³-hybridized carbons (Fsp3) is 0.862. The van der Waals surface area contributed by atoms with Crippen molar-refractivity contribution >= 4 is 0 Å². The molecule has 0 saturated heterocycles. The normalized spacial score (nSPS) is 45.2. The fourth-order valence-electron chi connectivity index (χ4n) is 8.76. The van der Waals surface area contributed by atoms with Crippen molar-refractivity contribution in [1.29, 1.82) is 0 Å². The lowest BCUT2D eigenvalue weighted by Crippen LogP contribution is -2.57. The summed E-state index contributed by atoms with van der Waals surface area (Å²) in [6.45, 7) is 15.8. The summed E-state index contributed by atoms with van der Waals surface area (Å²) in [5.74, 6) is 2.82. The Morgan fingerprint density at radius 1 is 1.06 bits per heavy atom. The Hall–Kier alpha value is -0.640. The molecule has 2 saturated carbocycles. The Bertz CT molecular complexity index is 779. The van der Waals surface area contributed by atoms with Gasteiger partial charge in [-0.05, 0) is 104 Å². The molecule has 2 fully saturated rings. The minimum absolute atomic E-state index is 0.00930. The minimum Gasteiger partial charge on any atom is -0.393 e. The number of rotatable bonds is 5. The summed E-state index contributed by atoms with van der Waals surface area (Å²) in [4.78, 5) is 0. The molecule has 0 aromatic carbocycles. The molecule has 4 rings (SSSR count). The first-order valence-corrected chi connectivity index (χ1v) is 13.3. The molecule has 0 bridgehead atoms. The zero-order valence-electron chi connectivity index (χ0n) is 21.6. The predicted molar refractivity (Wildman–Crippen MR) is 131 cm³/mol. The van der Waals surface area contributed by atoms with Gasteiger partial charge in [0.1, 0.15) is 0 Å². The monoisotopic (exact) mass is 444 g/mol. The second kappa shape index (κ2) is 8.24. The average Bonchev–Trinajstić information content (AvgIpc) is 3.04. The molecule has 0 spiro atoms. The van der Waals surface area contributed by atoms with Crippen LogP contribution in [0.15, 0.2) is 23.3 Å². The van der Waals surface area contributed by atoms with Crippen LogP contribution in [0.3, 0.4) is 0 Å². The molecule has 10 unspecified atom stereocenters. The van der Waals surface area contributed by atoms with Gasteiger partial charge in [0, 0.05) is 0 Å². The van der Waals surface area contributed by atoms with Gasteiger partial charge in [0.2, 0.25) is 0 Å². The molecule has 3 heteroatoms. The van der Waals surface area contributed by atoms with Crippen molar-refractivity contribution in [3.05, 3.63) is 23.3 Å². The summed E-state index contributed by atoms with van der Waals surface area (Å²) in [7, 11) is 0. The van der Waals surface area contributed by atoms with Gasteiger partial charge in [-0.2, -0.15) is 0 Å². The predicted octanol–water partition coefficient (Wildman–Crippen LogP) is 5.89. The van der Waals surface area contributed by atoms with E-state index in [4.69, 9.17) is 0 Å². The third-order valence-electron chi connectivity index (χ3n) is 10.8. The van der Waals surface area contributed by atoms with Crippen molar-refractivity contribution in [1.82, 2.24) is 0 Å². The van der Waals surface area contributed by atoms with Crippen LogP contribution in [0.2, 0.25) is 0 Å². The lowest BCUT2D eigenvalue weighted by Gasteiger charge is -2.60. The molecule has 3 N–H and O–H groups in total. The van der Waals surface area contributed by atoms with Gasteiger partial charge in [0.25, 0.3) is 0 Å². The maximum absolute atomic E-state index is 11.8. The lowest BCUT2D eigenvalue weighted by molar-refractivity contribution is -0.116. The van der Waals surface area contributed by atoms with E-state index < -0.39 is 5.60 Å². The first-order chi connectivity index (χ1) is 14.8. The highest BCUT2D eigenvalue weighted by atomic mass is 16.3. The number of hydrogen-bond donors (Lipinski definition) is 3. The molecular formula is C29H48O3. The van der Waals surface area contributed by atoms with Crippen molar-refractivity contribution in [2.45, 2.75) is 111 Å². The molecule has 0 aromatic heterocycles. The van der Waals surface area contributed by atoms with Crippen LogP contribution in [-0.2, 0) is 0 Å². The van der Waals surface area contributed by atoms with Crippen molar-refractivity contribution in [3.8, 4) is 0 Å². The maximum Gasteiger partial charge on any atom is 0.0836 e. The Morgan fingerprint density at radius 2 is 1.75 bits per heavy atom. The summed E-state index contributed by atoms with van der Waals surface area (Å²) >= 11 is 0. The highest BCUT2D eigenvalue weighted by molar-refractivity contribution is 5.35. The van der Waals surface area contributed by atoms with Gasteiger partial charge >= 0.3 is 0 Å². The molecule has 32 heavy (non-hydrogen) atoms. The lowest BCUT2D eigenvalue weighted by atomic mass is 9.46. The SMILES string of the molecule is CC(C)C(C)C(C)CC(C)(O)C1=CCC2C3CC=C4CC(O)CCC4(C)C3C(O)CC12C. The minimum atomic E-state index is -0.826. The topological polar surface area (TPSA) is 60.7 Å². The summed E-state index contributed by atoms with van der Waals surface area (Å²) in [6, 6.07) is 0. The third kappa shape index (κ3) is 3.75. The highest BCUT2D eigenvalue weighted by Crippen LogP contribution is 2.66. The number of aliphatic hydroxyl groups excluding tert-OH is 2. The zero-order valence-corrected chi connectivity index (χ0v) is 21.6. The molecule has 0 radical (unpaired) electrons. The van der Waals surface area contributed by atoms with E-state index in [-0.39, 0.29) is 29.0 Å². The number of hydrogen-bond acceptors (Lipinski definition) is 3. The smallest absolute Gasteiger partial charge is 0.0836 e. The van der Waals surface area contributed by atoms with Crippen LogP contribution in [0.5, 0.6) is 0 Å². The van der Waals surface area contributed by atoms with E-state index in [9.17, 15) is 15.3 Å². The molecule has 10 atom stereocenters. The van der Waals surface area contributed by atoms with Gasteiger partial charge < -0.3 is 15.3 Å². The van der Waals surface area contributed by atoms with E-state index in [0.29, 0.717) is 29.6 Å². The summed E-state index contributed by atoms with van der Waals surface area (Å²) in [5, 5.41) is 33.6. The van der Waals surface area contributed by atoms with Gasteiger partial charge in [-0.3, -0.25) is 0 Å². The van der Waals surface area contributed by atoms with Gasteiger partial charge in [0.15, 0.2) is 0 Å². The van der Waals surface area contributed by atoms with Gasteiger partial charge in [0.05, 0.1) is 17.8 Å². The molecule has 0 aliphatic heterocycles. The summed E-state index contributed by atoms with van der Waals surface area (Å²) in [5.41, 5.74) is 1.62. The highest BCUT2D eigenvalue weighted by Gasteiger charge is 2.61. The maximum atomic E-state index is 11.8. The van der Waals surface area contributed by atoms with E-state index in [2.05, 4.69) is 53.7 Å². The van der Waals surface area contributed by atoms with E-state index in [1.54, 1.807) is 0 Å². The summed E-state index contributed by atoms with van der Waals surface area (Å²) < 4.78 is 0. The quantitative estimate of drug-likeness (QED) is 0.464. The van der Waals surface area contributed by atoms with Gasteiger partial charge in [-0.1, -0.05) is 59.3 Å². The van der Waals surface area contributed by atoms with Crippen LogP contribution in [-0.4, -0.2) is 33.1 Å². The van der Waals surface area contributed by atoms with Crippen molar-refractivity contribution in [2.75, 3.05) is 0 Å². The second-order valence-corrected chi connectivity index (χ2v) is 13.2. The van der Waals surface area contributed by atoms with Crippen LogP contribution in [0.1, 0.15) is 93.4 Å². The number of aliphatic hydroxyl groups is 3.